The molecule has 0 heterocycles. The van der Waals surface area contributed by atoms with Gasteiger partial charge in [-0.25, -0.2) is 4.39 Å². The van der Waals surface area contributed by atoms with E-state index in [0.29, 0.717) is 4.90 Å². The van der Waals surface area contributed by atoms with Crippen LogP contribution < -0.4 is 29.6 Å². The van der Waals surface area contributed by atoms with Gasteiger partial charge in [0.25, 0.3) is 0 Å². The van der Waals surface area contributed by atoms with E-state index >= 15 is 0 Å². The zero-order valence-electron chi connectivity index (χ0n) is 6.13. The van der Waals surface area contributed by atoms with Gasteiger partial charge in [-0.15, -0.1) is 12.6 Å². The zero-order valence-corrected chi connectivity index (χ0v) is 8.03. The number of thiol groups is 1. The van der Waals surface area contributed by atoms with E-state index < -0.39 is 0 Å². The Kier molecular flexibility index (Phi) is 4.58. The number of hydrogen-bond donors (Lipinski definition) is 1. The fourth-order valence-electron chi connectivity index (χ4n) is 0.452. The van der Waals surface area contributed by atoms with Gasteiger partial charge >= 0.3 is 29.6 Å². The maximum atomic E-state index is 12.2. The average Bonchev–Trinajstić information content (AvgIpc) is 1.77. The van der Waals surface area contributed by atoms with Gasteiger partial charge in [-0.05, 0) is 12.1 Å². The standard InChI is InChI=1S/C6H5FS.Na.H/c7-5-3-1-2-4-6(5)8;;/h1-4,8H;;/q;+1;-1. The molecule has 0 aliphatic rings. The second-order valence-electron chi connectivity index (χ2n) is 1.45. The number of benzene rings is 1. The normalized spacial score (nSPS) is 8.22. The summed E-state index contributed by atoms with van der Waals surface area (Å²) < 4.78 is 12.2. The van der Waals surface area contributed by atoms with E-state index in [-0.39, 0.29) is 36.8 Å². The van der Waals surface area contributed by atoms with Crippen LogP contribution in [0.4, 0.5) is 4.39 Å². The maximum absolute atomic E-state index is 12.2. The number of rotatable bonds is 0. The molecule has 0 saturated carbocycles. The van der Waals surface area contributed by atoms with Gasteiger partial charge in [-0.2, -0.15) is 0 Å². The van der Waals surface area contributed by atoms with E-state index in [1.165, 1.54) is 6.07 Å². The smallest absolute Gasteiger partial charge is 1.00 e. The van der Waals surface area contributed by atoms with Gasteiger partial charge < -0.3 is 1.43 Å². The van der Waals surface area contributed by atoms with E-state index in [2.05, 4.69) is 12.6 Å². The summed E-state index contributed by atoms with van der Waals surface area (Å²) in [5.41, 5.74) is 0. The van der Waals surface area contributed by atoms with Crippen molar-refractivity contribution >= 4 is 12.6 Å². The molecule has 9 heavy (non-hydrogen) atoms. The topological polar surface area (TPSA) is 0 Å². The van der Waals surface area contributed by atoms with E-state index in [0.717, 1.165) is 0 Å². The Morgan fingerprint density at radius 1 is 1.33 bits per heavy atom. The molecule has 0 aliphatic heterocycles. The van der Waals surface area contributed by atoms with Crippen molar-refractivity contribution in [2.24, 2.45) is 0 Å². The first-order valence-electron chi connectivity index (χ1n) is 2.24. The average molecular weight is 152 g/mol. The van der Waals surface area contributed by atoms with Gasteiger partial charge in [0.1, 0.15) is 5.82 Å². The van der Waals surface area contributed by atoms with Crippen molar-refractivity contribution in [3.8, 4) is 0 Å². The molecule has 3 heteroatoms. The predicted molar refractivity (Wildman–Crippen MR) is 34.8 cm³/mol. The first kappa shape index (κ1) is 9.50. The van der Waals surface area contributed by atoms with Gasteiger partial charge in [0.2, 0.25) is 0 Å². The maximum Gasteiger partial charge on any atom is 1.00 e. The van der Waals surface area contributed by atoms with Crippen LogP contribution in [0, 0.1) is 5.82 Å². The summed E-state index contributed by atoms with van der Waals surface area (Å²) in [6.45, 7) is 0. The van der Waals surface area contributed by atoms with Crippen molar-refractivity contribution in [1.29, 1.82) is 0 Å². The van der Waals surface area contributed by atoms with Crippen LogP contribution >= 0.6 is 12.6 Å². The van der Waals surface area contributed by atoms with Crippen molar-refractivity contribution in [2.75, 3.05) is 0 Å². The minimum atomic E-state index is -0.268. The zero-order chi connectivity index (χ0) is 5.98. The van der Waals surface area contributed by atoms with Crippen molar-refractivity contribution in [3.63, 3.8) is 0 Å². The first-order chi connectivity index (χ1) is 3.80. The molecule has 0 N–H and O–H groups in total. The van der Waals surface area contributed by atoms with Crippen LogP contribution in [0.3, 0.4) is 0 Å². The molecule has 44 valence electrons. The molecule has 0 nitrogen and oxygen atoms in total. The van der Waals surface area contributed by atoms with Crippen molar-refractivity contribution in [1.82, 2.24) is 0 Å². The molecule has 1 aromatic rings. The van der Waals surface area contributed by atoms with Crippen LogP contribution in [0.2, 0.25) is 0 Å². The largest absolute Gasteiger partial charge is 1.00 e. The third-order valence-electron chi connectivity index (χ3n) is 0.852. The molecule has 0 bridgehead atoms. The molecule has 1 rings (SSSR count). The molecular formula is C6H6FNaS. The Morgan fingerprint density at radius 3 is 2.22 bits per heavy atom. The van der Waals surface area contributed by atoms with Gasteiger partial charge in [-0.1, -0.05) is 12.1 Å². The minimum Gasteiger partial charge on any atom is -1.00 e. The molecule has 0 radical (unpaired) electrons. The van der Waals surface area contributed by atoms with Gasteiger partial charge in [0.05, 0.1) is 0 Å². The quantitative estimate of drug-likeness (QED) is 0.366. The van der Waals surface area contributed by atoms with Crippen molar-refractivity contribution < 1.29 is 35.4 Å². The van der Waals surface area contributed by atoms with Crippen LogP contribution in [0.15, 0.2) is 29.2 Å². The molecule has 0 aliphatic carbocycles. The summed E-state index contributed by atoms with van der Waals surface area (Å²) in [5, 5.41) is 0. The predicted octanol–water partition coefficient (Wildman–Crippen LogP) is -0.769. The van der Waals surface area contributed by atoms with Gasteiger partial charge in [0.15, 0.2) is 0 Å². The summed E-state index contributed by atoms with van der Waals surface area (Å²) >= 11 is 3.82. The Hall–Kier alpha value is 0.500. The molecule has 0 unspecified atom stereocenters. The van der Waals surface area contributed by atoms with Crippen LogP contribution in [0.25, 0.3) is 0 Å². The third kappa shape index (κ3) is 2.72. The third-order valence-corrected chi connectivity index (χ3v) is 1.22. The van der Waals surface area contributed by atoms with Gasteiger partial charge in [0, 0.05) is 4.90 Å². The second-order valence-corrected chi connectivity index (χ2v) is 1.93. The Morgan fingerprint density at radius 2 is 1.89 bits per heavy atom. The number of hydrogen-bond acceptors (Lipinski definition) is 1. The number of halogens is 1. The molecule has 0 fully saturated rings. The molecule has 0 atom stereocenters. The molecular weight excluding hydrogens is 146 g/mol. The Balaban J connectivity index is 0. The van der Waals surface area contributed by atoms with Gasteiger partial charge in [-0.3, -0.25) is 0 Å². The van der Waals surface area contributed by atoms with Crippen LogP contribution in [-0.2, 0) is 0 Å². The summed E-state index contributed by atoms with van der Waals surface area (Å²) in [6.07, 6.45) is 0. The molecule has 1 aromatic carbocycles. The summed E-state index contributed by atoms with van der Waals surface area (Å²) in [6, 6.07) is 6.36. The van der Waals surface area contributed by atoms with Crippen LogP contribution in [0.5, 0.6) is 0 Å². The fraction of sp³-hybridized carbons (Fsp3) is 0. The van der Waals surface area contributed by atoms with Crippen molar-refractivity contribution in [3.05, 3.63) is 30.1 Å². The molecule has 0 aromatic heterocycles. The Labute approximate surface area is 82.7 Å². The summed E-state index contributed by atoms with van der Waals surface area (Å²) in [7, 11) is 0. The van der Waals surface area contributed by atoms with Crippen LogP contribution in [0.1, 0.15) is 1.43 Å². The van der Waals surface area contributed by atoms with Crippen molar-refractivity contribution in [2.45, 2.75) is 4.90 Å². The van der Waals surface area contributed by atoms with E-state index in [1.54, 1.807) is 18.2 Å². The van der Waals surface area contributed by atoms with E-state index in [9.17, 15) is 4.39 Å². The second kappa shape index (κ2) is 4.34. The summed E-state index contributed by atoms with van der Waals surface area (Å²) in [4.78, 5) is 0.396. The minimum absolute atomic E-state index is 0. The SMILES string of the molecule is Fc1ccccc1S.[H-].[Na+]. The molecule has 0 amide bonds. The fourth-order valence-corrected chi connectivity index (χ4v) is 0.612. The van der Waals surface area contributed by atoms with E-state index in [4.69, 9.17) is 0 Å². The summed E-state index contributed by atoms with van der Waals surface area (Å²) in [5.74, 6) is -0.268. The molecule has 0 saturated heterocycles. The Bertz CT molecular complexity index is 174. The monoisotopic (exact) mass is 152 g/mol. The van der Waals surface area contributed by atoms with Crippen LogP contribution in [-0.4, -0.2) is 0 Å². The molecule has 0 spiro atoms. The van der Waals surface area contributed by atoms with E-state index in [1.807, 2.05) is 0 Å². The first-order valence-corrected chi connectivity index (χ1v) is 2.69.